The Labute approximate surface area is 130 Å². The first kappa shape index (κ1) is 15.1. The molecule has 7 heteroatoms. The van der Waals surface area contributed by atoms with Crippen molar-refractivity contribution >= 4 is 10.0 Å². The minimum Gasteiger partial charge on any atom is -0.260 e. The molecule has 0 spiro atoms. The van der Waals surface area contributed by atoms with Crippen LogP contribution in [0.15, 0.2) is 42.9 Å². The van der Waals surface area contributed by atoms with Crippen molar-refractivity contribution in [3.8, 4) is 0 Å². The fraction of sp³-hybridized carbons (Fsp3) is 0.400. The van der Waals surface area contributed by atoms with Gasteiger partial charge in [-0.1, -0.05) is 6.07 Å². The van der Waals surface area contributed by atoms with Crippen molar-refractivity contribution in [2.45, 2.75) is 24.5 Å². The molecule has 0 N–H and O–H groups in total. The van der Waals surface area contributed by atoms with E-state index in [1.165, 1.54) is 0 Å². The molecule has 22 heavy (non-hydrogen) atoms. The van der Waals surface area contributed by atoms with Crippen molar-refractivity contribution < 1.29 is 8.42 Å². The van der Waals surface area contributed by atoms with Gasteiger partial charge in [0.05, 0.1) is 5.69 Å². The van der Waals surface area contributed by atoms with Gasteiger partial charge in [-0.15, -0.1) is 0 Å². The fourth-order valence-electron chi connectivity index (χ4n) is 2.69. The van der Waals surface area contributed by atoms with Crippen molar-refractivity contribution in [2.24, 2.45) is 0 Å². The Morgan fingerprint density at radius 1 is 1.09 bits per heavy atom. The molecule has 1 unspecified atom stereocenters. The topological polar surface area (TPSA) is 76.1 Å². The monoisotopic (exact) mass is 318 g/mol. The molecule has 1 aliphatic rings. The minimum absolute atomic E-state index is 0.0593. The molecule has 0 amide bonds. The van der Waals surface area contributed by atoms with Gasteiger partial charge in [-0.2, -0.15) is 0 Å². The van der Waals surface area contributed by atoms with Gasteiger partial charge in [0.25, 0.3) is 0 Å². The molecule has 2 aromatic rings. The molecule has 1 saturated heterocycles. The van der Waals surface area contributed by atoms with Crippen LogP contribution >= 0.6 is 0 Å². The first-order chi connectivity index (χ1) is 10.6. The highest BCUT2D eigenvalue weighted by atomic mass is 32.2. The minimum atomic E-state index is -3.36. The molecule has 2 aromatic heterocycles. The Morgan fingerprint density at radius 3 is 2.59 bits per heavy atom. The number of sulfonamides is 1. The van der Waals surface area contributed by atoms with E-state index in [0.717, 1.165) is 18.7 Å². The molecule has 1 aliphatic heterocycles. The van der Waals surface area contributed by atoms with E-state index >= 15 is 0 Å². The molecule has 3 heterocycles. The molecule has 6 nitrogen and oxygen atoms in total. The lowest BCUT2D eigenvalue weighted by Gasteiger charge is -2.31. The summed E-state index contributed by atoms with van der Waals surface area (Å²) in [6, 6.07) is 7.08. The molecular weight excluding hydrogens is 300 g/mol. The summed E-state index contributed by atoms with van der Waals surface area (Å²) in [5, 5.41) is 0. The quantitative estimate of drug-likeness (QED) is 0.855. The molecule has 116 valence electrons. The highest BCUT2D eigenvalue weighted by Gasteiger charge is 2.31. The lowest BCUT2D eigenvalue weighted by atomic mass is 9.99. The van der Waals surface area contributed by atoms with Gasteiger partial charge in [0.15, 0.2) is 0 Å². The summed E-state index contributed by atoms with van der Waals surface area (Å²) >= 11 is 0. The number of piperidine rings is 1. The van der Waals surface area contributed by atoms with Crippen molar-refractivity contribution in [3.63, 3.8) is 0 Å². The first-order valence-corrected chi connectivity index (χ1v) is 8.91. The summed E-state index contributed by atoms with van der Waals surface area (Å²) in [5.41, 5.74) is 0.570. The van der Waals surface area contributed by atoms with Crippen LogP contribution in [0.25, 0.3) is 0 Å². The fourth-order valence-corrected chi connectivity index (χ4v) is 4.23. The highest BCUT2D eigenvalue weighted by molar-refractivity contribution is 7.88. The van der Waals surface area contributed by atoms with E-state index in [-0.39, 0.29) is 11.7 Å². The number of nitrogens with zero attached hydrogens (tertiary/aromatic N) is 4. The zero-order chi connectivity index (χ0) is 15.4. The van der Waals surface area contributed by atoms with Gasteiger partial charge in [-0.25, -0.2) is 22.7 Å². The number of rotatable bonds is 4. The third-order valence-corrected chi connectivity index (χ3v) is 5.56. The van der Waals surface area contributed by atoms with Crippen LogP contribution in [0.4, 0.5) is 0 Å². The van der Waals surface area contributed by atoms with E-state index in [4.69, 9.17) is 0 Å². The molecule has 0 aromatic carbocycles. The van der Waals surface area contributed by atoms with Gasteiger partial charge in [0.2, 0.25) is 10.0 Å². The van der Waals surface area contributed by atoms with Crippen molar-refractivity contribution in [2.75, 3.05) is 13.1 Å². The first-order valence-electron chi connectivity index (χ1n) is 7.30. The van der Waals surface area contributed by atoms with Gasteiger partial charge in [-0.3, -0.25) is 4.98 Å². The van der Waals surface area contributed by atoms with E-state index in [0.29, 0.717) is 18.8 Å². The van der Waals surface area contributed by atoms with Crippen LogP contribution < -0.4 is 0 Å². The lowest BCUT2D eigenvalue weighted by molar-refractivity contribution is 0.308. The summed E-state index contributed by atoms with van der Waals surface area (Å²) in [4.78, 5) is 12.6. The lowest BCUT2D eigenvalue weighted by Crippen LogP contribution is -2.40. The van der Waals surface area contributed by atoms with Crippen LogP contribution in [-0.2, 0) is 15.8 Å². The molecule has 1 fully saturated rings. The summed E-state index contributed by atoms with van der Waals surface area (Å²) in [7, 11) is -3.36. The maximum absolute atomic E-state index is 12.6. The van der Waals surface area contributed by atoms with Gasteiger partial charge in [0, 0.05) is 37.6 Å². The van der Waals surface area contributed by atoms with Crippen LogP contribution in [0.1, 0.15) is 30.3 Å². The summed E-state index contributed by atoms with van der Waals surface area (Å²) < 4.78 is 26.7. The molecule has 0 aliphatic carbocycles. The predicted molar refractivity (Wildman–Crippen MR) is 82.4 cm³/mol. The summed E-state index contributed by atoms with van der Waals surface area (Å²) in [6.45, 7) is 0.998. The van der Waals surface area contributed by atoms with Crippen LogP contribution in [0.3, 0.4) is 0 Å². The molecular formula is C15H18N4O2S. The Kier molecular flexibility index (Phi) is 4.44. The summed E-state index contributed by atoms with van der Waals surface area (Å²) in [5.74, 6) is 0.727. The SMILES string of the molecule is O=S(=O)(Cc1ccccn1)N1CCCC(c2ncccn2)C1. The average molecular weight is 318 g/mol. The third kappa shape index (κ3) is 3.48. The molecule has 3 rings (SSSR count). The number of hydrogen-bond donors (Lipinski definition) is 0. The smallest absolute Gasteiger partial charge is 0.219 e. The average Bonchev–Trinajstić information content (AvgIpc) is 2.56. The number of pyridine rings is 1. The molecule has 0 saturated carbocycles. The standard InChI is InChI=1S/C15H18N4O2S/c20-22(21,12-14-6-1-2-7-16-14)19-10-3-5-13(11-19)15-17-8-4-9-18-15/h1-2,4,6-9,13H,3,5,10-12H2. The number of hydrogen-bond acceptors (Lipinski definition) is 5. The molecule has 0 radical (unpaired) electrons. The maximum Gasteiger partial charge on any atom is 0.219 e. The predicted octanol–water partition coefficient (Wildman–Crippen LogP) is 1.58. The van der Waals surface area contributed by atoms with Gasteiger partial charge in [-0.05, 0) is 31.0 Å². The zero-order valence-electron chi connectivity index (χ0n) is 12.2. The Hall–Kier alpha value is -1.86. The Balaban J connectivity index is 1.74. The van der Waals surface area contributed by atoms with E-state index in [1.54, 1.807) is 47.2 Å². The third-order valence-electron chi connectivity index (χ3n) is 3.78. The van der Waals surface area contributed by atoms with E-state index < -0.39 is 10.0 Å². The van der Waals surface area contributed by atoms with Crippen LogP contribution in [-0.4, -0.2) is 40.8 Å². The van der Waals surface area contributed by atoms with E-state index in [9.17, 15) is 8.42 Å². The maximum atomic E-state index is 12.6. The second-order valence-electron chi connectivity index (χ2n) is 5.38. The van der Waals surface area contributed by atoms with E-state index in [1.807, 2.05) is 0 Å². The van der Waals surface area contributed by atoms with E-state index in [2.05, 4.69) is 15.0 Å². The van der Waals surface area contributed by atoms with Crippen LogP contribution in [0.5, 0.6) is 0 Å². The van der Waals surface area contributed by atoms with Gasteiger partial charge >= 0.3 is 0 Å². The normalized spacial score (nSPS) is 19.9. The second kappa shape index (κ2) is 6.50. The van der Waals surface area contributed by atoms with Crippen LogP contribution in [0.2, 0.25) is 0 Å². The van der Waals surface area contributed by atoms with Crippen molar-refractivity contribution in [1.82, 2.24) is 19.3 Å². The van der Waals surface area contributed by atoms with Gasteiger partial charge < -0.3 is 0 Å². The Morgan fingerprint density at radius 2 is 1.86 bits per heavy atom. The number of aromatic nitrogens is 3. The zero-order valence-corrected chi connectivity index (χ0v) is 13.0. The second-order valence-corrected chi connectivity index (χ2v) is 7.35. The van der Waals surface area contributed by atoms with Gasteiger partial charge in [0.1, 0.15) is 11.6 Å². The summed E-state index contributed by atoms with van der Waals surface area (Å²) in [6.07, 6.45) is 6.75. The molecule has 0 bridgehead atoms. The van der Waals surface area contributed by atoms with Crippen molar-refractivity contribution in [1.29, 1.82) is 0 Å². The van der Waals surface area contributed by atoms with Crippen molar-refractivity contribution in [3.05, 3.63) is 54.4 Å². The highest BCUT2D eigenvalue weighted by Crippen LogP contribution is 2.26. The molecule has 1 atom stereocenters. The Bertz CT molecular complexity index is 707. The largest absolute Gasteiger partial charge is 0.260 e. The van der Waals surface area contributed by atoms with Crippen LogP contribution in [0, 0.1) is 0 Å².